The van der Waals surface area contributed by atoms with E-state index in [-0.39, 0.29) is 4.90 Å². The van der Waals surface area contributed by atoms with E-state index in [1.165, 1.54) is 18.3 Å². The number of rotatable bonds is 5. The summed E-state index contributed by atoms with van der Waals surface area (Å²) >= 11 is 0. The van der Waals surface area contributed by atoms with E-state index in [1.807, 2.05) is 44.2 Å². The second-order valence-electron chi connectivity index (χ2n) is 6.71. The van der Waals surface area contributed by atoms with E-state index in [0.717, 1.165) is 27.5 Å². The molecule has 1 aromatic heterocycles. The summed E-state index contributed by atoms with van der Waals surface area (Å²) in [6.45, 7) is 5.53. The Balaban J connectivity index is 2.03. The zero-order chi connectivity index (χ0) is 20.5. The average Bonchev–Trinajstić information content (AvgIpc) is 3.07. The van der Waals surface area contributed by atoms with Gasteiger partial charge in [0.1, 0.15) is 0 Å². The molecule has 3 aromatic rings. The highest BCUT2D eigenvalue weighted by atomic mass is 32.2. The molecule has 6 nitrogen and oxygen atoms in total. The molecule has 0 spiro atoms. The van der Waals surface area contributed by atoms with Crippen molar-refractivity contribution in [3.8, 4) is 0 Å². The average molecular weight is 398 g/mol. The lowest BCUT2D eigenvalue weighted by Crippen LogP contribution is -2.34. The molecule has 0 aliphatic rings. The lowest BCUT2D eigenvalue weighted by Gasteiger charge is -2.14. The number of aryl methyl sites for hydroxylation is 2. The molecule has 0 N–H and O–H groups in total. The van der Waals surface area contributed by atoms with Gasteiger partial charge in [-0.3, -0.25) is 4.79 Å². The van der Waals surface area contributed by atoms with Gasteiger partial charge in [-0.05, 0) is 49.1 Å². The number of aromatic nitrogens is 2. The molecule has 0 bridgehead atoms. The van der Waals surface area contributed by atoms with Crippen molar-refractivity contribution < 1.29 is 13.2 Å². The first-order chi connectivity index (χ1) is 13.3. The van der Waals surface area contributed by atoms with E-state index in [4.69, 9.17) is 0 Å². The van der Waals surface area contributed by atoms with Crippen LogP contribution in [0.1, 0.15) is 40.7 Å². The predicted molar refractivity (Wildman–Crippen MR) is 107 cm³/mol. The third kappa shape index (κ3) is 3.45. The summed E-state index contributed by atoms with van der Waals surface area (Å²) in [7, 11) is -4.09. The van der Waals surface area contributed by atoms with Crippen molar-refractivity contribution in [1.29, 1.82) is 0 Å². The SMILES string of the molecule is CC[C@H](C(=O)n1ccn(S(=O)(=O)c2ccc(C)c(C)c2)c1=O)c1ccccc1. The zero-order valence-corrected chi connectivity index (χ0v) is 16.8. The molecule has 1 heterocycles. The molecular weight excluding hydrogens is 376 g/mol. The van der Waals surface area contributed by atoms with Crippen LogP contribution < -0.4 is 5.69 Å². The van der Waals surface area contributed by atoms with Crippen LogP contribution in [-0.2, 0) is 10.0 Å². The topological polar surface area (TPSA) is 78.1 Å². The van der Waals surface area contributed by atoms with Gasteiger partial charge in [0.15, 0.2) is 0 Å². The Kier molecular flexibility index (Phi) is 5.38. The van der Waals surface area contributed by atoms with Gasteiger partial charge in [-0.1, -0.05) is 43.3 Å². The summed E-state index contributed by atoms with van der Waals surface area (Å²) in [6.07, 6.45) is 2.84. The molecular formula is C21H22N2O4S. The lowest BCUT2D eigenvalue weighted by molar-refractivity contribution is 0.0870. The van der Waals surface area contributed by atoms with Crippen LogP contribution in [0.5, 0.6) is 0 Å². The quantitative estimate of drug-likeness (QED) is 0.660. The summed E-state index contributed by atoms with van der Waals surface area (Å²) in [4.78, 5) is 25.7. The van der Waals surface area contributed by atoms with Gasteiger partial charge in [0, 0.05) is 12.4 Å². The molecule has 2 aromatic carbocycles. The third-order valence-corrected chi connectivity index (χ3v) is 6.57. The minimum Gasteiger partial charge on any atom is -0.273 e. The Hall–Kier alpha value is -2.93. The molecule has 146 valence electrons. The molecule has 0 amide bonds. The molecule has 0 saturated heterocycles. The number of imidazole rings is 1. The van der Waals surface area contributed by atoms with Crippen LogP contribution in [0.3, 0.4) is 0 Å². The molecule has 0 unspecified atom stereocenters. The van der Waals surface area contributed by atoms with Crippen molar-refractivity contribution in [1.82, 2.24) is 8.54 Å². The van der Waals surface area contributed by atoms with E-state index < -0.39 is 27.5 Å². The molecule has 0 saturated carbocycles. The first kappa shape index (κ1) is 19.8. The first-order valence-corrected chi connectivity index (χ1v) is 10.4. The number of hydrogen-bond acceptors (Lipinski definition) is 4. The molecule has 0 fully saturated rings. The Bertz CT molecular complexity index is 1170. The molecule has 0 radical (unpaired) electrons. The van der Waals surface area contributed by atoms with Gasteiger partial charge in [-0.2, -0.15) is 3.97 Å². The fourth-order valence-corrected chi connectivity index (χ4v) is 4.41. The Morgan fingerprint density at radius 3 is 2.29 bits per heavy atom. The fourth-order valence-electron chi connectivity index (χ4n) is 3.11. The lowest BCUT2D eigenvalue weighted by atomic mass is 9.96. The highest BCUT2D eigenvalue weighted by Gasteiger charge is 2.26. The molecule has 3 rings (SSSR count). The molecule has 7 heteroatoms. The second-order valence-corrected chi connectivity index (χ2v) is 8.52. The first-order valence-electron chi connectivity index (χ1n) is 8.99. The summed E-state index contributed by atoms with van der Waals surface area (Å²) < 4.78 is 27.3. The molecule has 28 heavy (non-hydrogen) atoms. The number of hydrogen-bond donors (Lipinski definition) is 0. The van der Waals surface area contributed by atoms with Crippen molar-refractivity contribution in [3.63, 3.8) is 0 Å². The van der Waals surface area contributed by atoms with E-state index in [1.54, 1.807) is 13.0 Å². The Morgan fingerprint density at radius 2 is 1.68 bits per heavy atom. The van der Waals surface area contributed by atoms with Crippen molar-refractivity contribution in [2.45, 2.75) is 38.0 Å². The predicted octanol–water partition coefficient (Wildman–Crippen LogP) is 3.34. The van der Waals surface area contributed by atoms with Gasteiger partial charge >= 0.3 is 5.69 Å². The van der Waals surface area contributed by atoms with Gasteiger partial charge < -0.3 is 0 Å². The van der Waals surface area contributed by atoms with Crippen molar-refractivity contribution in [2.24, 2.45) is 0 Å². The van der Waals surface area contributed by atoms with Crippen LogP contribution in [0.15, 0.2) is 70.6 Å². The van der Waals surface area contributed by atoms with E-state index >= 15 is 0 Å². The second kappa shape index (κ2) is 7.59. The Morgan fingerprint density at radius 1 is 1.00 bits per heavy atom. The Labute approximate surface area is 164 Å². The van der Waals surface area contributed by atoms with Crippen LogP contribution in [0.4, 0.5) is 0 Å². The molecule has 0 aliphatic carbocycles. The van der Waals surface area contributed by atoms with E-state index in [9.17, 15) is 18.0 Å². The fraction of sp³-hybridized carbons (Fsp3) is 0.238. The zero-order valence-electron chi connectivity index (χ0n) is 16.0. The monoisotopic (exact) mass is 398 g/mol. The molecule has 0 aliphatic heterocycles. The number of carbonyl (C=O) groups excluding carboxylic acids is 1. The number of nitrogens with zero attached hydrogens (tertiary/aromatic N) is 2. The summed E-state index contributed by atoms with van der Waals surface area (Å²) in [5.41, 5.74) is 1.65. The van der Waals surface area contributed by atoms with Crippen LogP contribution in [-0.4, -0.2) is 22.9 Å². The van der Waals surface area contributed by atoms with Gasteiger partial charge in [-0.15, -0.1) is 0 Å². The smallest absolute Gasteiger partial charge is 0.273 e. The van der Waals surface area contributed by atoms with Crippen LogP contribution in [0, 0.1) is 13.8 Å². The largest absolute Gasteiger partial charge is 0.349 e. The van der Waals surface area contributed by atoms with Crippen molar-refractivity contribution >= 4 is 15.9 Å². The highest BCUT2D eigenvalue weighted by Crippen LogP contribution is 2.21. The maximum Gasteiger partial charge on any atom is 0.349 e. The van der Waals surface area contributed by atoms with Gasteiger partial charge in [-0.25, -0.2) is 17.8 Å². The maximum absolute atomic E-state index is 12.9. The van der Waals surface area contributed by atoms with Gasteiger partial charge in [0.25, 0.3) is 10.0 Å². The highest BCUT2D eigenvalue weighted by molar-refractivity contribution is 7.90. The van der Waals surface area contributed by atoms with Crippen LogP contribution >= 0.6 is 0 Å². The minimum atomic E-state index is -4.09. The van der Waals surface area contributed by atoms with E-state index in [2.05, 4.69) is 0 Å². The number of benzene rings is 2. The third-order valence-electron chi connectivity index (χ3n) is 4.93. The van der Waals surface area contributed by atoms with Crippen LogP contribution in [0.2, 0.25) is 0 Å². The summed E-state index contributed by atoms with van der Waals surface area (Å²) in [5, 5.41) is 0. The van der Waals surface area contributed by atoms with E-state index in [0.29, 0.717) is 10.4 Å². The normalized spacial score (nSPS) is 12.7. The summed E-state index contributed by atoms with van der Waals surface area (Å²) in [6, 6.07) is 13.8. The molecule has 1 atom stereocenters. The van der Waals surface area contributed by atoms with Gasteiger partial charge in [0.05, 0.1) is 10.8 Å². The van der Waals surface area contributed by atoms with Gasteiger partial charge in [0.2, 0.25) is 5.91 Å². The van der Waals surface area contributed by atoms with Crippen molar-refractivity contribution in [3.05, 3.63) is 88.1 Å². The van der Waals surface area contributed by atoms with Crippen molar-refractivity contribution in [2.75, 3.05) is 0 Å². The standard InChI is InChI=1S/C21H22N2O4S/c1-4-19(17-8-6-5-7-9-17)20(24)22-12-13-23(21(22)25)28(26,27)18-11-10-15(2)16(3)14-18/h5-14,19H,4H2,1-3H3/t19-/m0/s1. The number of carbonyl (C=O) groups is 1. The van der Waals surface area contributed by atoms with Crippen LogP contribution in [0.25, 0.3) is 0 Å². The minimum absolute atomic E-state index is 0.0120. The maximum atomic E-state index is 12.9. The summed E-state index contributed by atoms with van der Waals surface area (Å²) in [5.74, 6) is -0.980.